The summed E-state index contributed by atoms with van der Waals surface area (Å²) in [5.41, 5.74) is 6.20. The van der Waals surface area contributed by atoms with Crippen LogP contribution in [0.3, 0.4) is 0 Å². The lowest BCUT2D eigenvalue weighted by atomic mass is 10.2. The zero-order chi connectivity index (χ0) is 15.8. The van der Waals surface area contributed by atoms with Crippen molar-refractivity contribution < 1.29 is 17.2 Å². The van der Waals surface area contributed by atoms with Crippen LogP contribution in [0.5, 0.6) is 0 Å². The van der Waals surface area contributed by atoms with Gasteiger partial charge in [-0.05, 0) is 42.8 Å². The molecule has 0 fully saturated rings. The largest absolute Gasteiger partial charge is 0.399 e. The second-order valence-corrected chi connectivity index (χ2v) is 7.00. The first-order chi connectivity index (χ1) is 9.69. The molecule has 0 aliphatic heterocycles. The third-order valence-electron chi connectivity index (χ3n) is 2.60. The van der Waals surface area contributed by atoms with E-state index in [2.05, 4.69) is 20.7 Å². The van der Waals surface area contributed by atoms with Crippen molar-refractivity contribution in [3.8, 4) is 0 Å². The fourth-order valence-electron chi connectivity index (χ4n) is 1.78. The predicted molar refractivity (Wildman–Crippen MR) is 80.5 cm³/mol. The minimum Gasteiger partial charge on any atom is -0.399 e. The zero-order valence-electron chi connectivity index (χ0n) is 10.8. The Balaban J connectivity index is 2.48. The van der Waals surface area contributed by atoms with Crippen LogP contribution in [0.2, 0.25) is 0 Å². The smallest absolute Gasteiger partial charge is 0.265 e. The summed E-state index contributed by atoms with van der Waals surface area (Å²) in [6.07, 6.45) is 0. The summed E-state index contributed by atoms with van der Waals surface area (Å²) in [7, 11) is -4.29. The minimum absolute atomic E-state index is 0.181. The van der Waals surface area contributed by atoms with E-state index in [1.807, 2.05) is 0 Å². The Labute approximate surface area is 129 Å². The number of hydrogen-bond donors (Lipinski definition) is 2. The number of anilines is 2. The van der Waals surface area contributed by atoms with Crippen molar-refractivity contribution in [1.29, 1.82) is 0 Å². The van der Waals surface area contributed by atoms with Crippen molar-refractivity contribution in [3.05, 3.63) is 52.0 Å². The van der Waals surface area contributed by atoms with Gasteiger partial charge in [0.15, 0.2) is 11.6 Å². The maximum Gasteiger partial charge on any atom is 0.265 e. The van der Waals surface area contributed by atoms with E-state index in [1.54, 1.807) is 19.1 Å². The van der Waals surface area contributed by atoms with E-state index < -0.39 is 26.6 Å². The Bertz CT molecular complexity index is 790. The minimum atomic E-state index is -4.29. The molecule has 0 aliphatic carbocycles. The first kappa shape index (κ1) is 15.7. The van der Waals surface area contributed by atoms with Crippen LogP contribution in [0.1, 0.15) is 5.56 Å². The summed E-state index contributed by atoms with van der Waals surface area (Å²) in [6.45, 7) is 1.77. The summed E-state index contributed by atoms with van der Waals surface area (Å²) in [5, 5.41) is 0. The molecule has 0 aromatic heterocycles. The number of halogens is 3. The van der Waals surface area contributed by atoms with Gasteiger partial charge in [-0.25, -0.2) is 17.2 Å². The zero-order valence-corrected chi connectivity index (χ0v) is 13.2. The van der Waals surface area contributed by atoms with Gasteiger partial charge < -0.3 is 5.73 Å². The van der Waals surface area contributed by atoms with Gasteiger partial charge >= 0.3 is 0 Å². The number of aryl methyl sites for hydroxylation is 1. The van der Waals surface area contributed by atoms with Crippen molar-refractivity contribution in [2.24, 2.45) is 0 Å². The molecule has 0 spiro atoms. The molecule has 2 aromatic rings. The van der Waals surface area contributed by atoms with Gasteiger partial charge in [0.25, 0.3) is 10.0 Å². The molecule has 0 amide bonds. The van der Waals surface area contributed by atoms with Crippen LogP contribution >= 0.6 is 15.9 Å². The van der Waals surface area contributed by atoms with Gasteiger partial charge in [0, 0.05) is 10.2 Å². The molecule has 112 valence electrons. The predicted octanol–water partition coefficient (Wildman–Crippen LogP) is 3.42. The summed E-state index contributed by atoms with van der Waals surface area (Å²) in [6, 6.07) is 6.43. The Morgan fingerprint density at radius 2 is 1.81 bits per heavy atom. The average Bonchev–Trinajstić information content (AvgIpc) is 2.31. The number of nitrogens with two attached hydrogens (primary N) is 1. The van der Waals surface area contributed by atoms with Gasteiger partial charge in [-0.15, -0.1) is 0 Å². The fraction of sp³-hybridized carbons (Fsp3) is 0.0769. The quantitative estimate of drug-likeness (QED) is 0.806. The molecule has 0 saturated heterocycles. The molecule has 2 aromatic carbocycles. The number of benzene rings is 2. The van der Waals surface area contributed by atoms with E-state index in [1.165, 1.54) is 6.07 Å². The molecular weight excluding hydrogens is 366 g/mol. The van der Waals surface area contributed by atoms with Crippen LogP contribution in [-0.2, 0) is 10.0 Å². The fourth-order valence-corrected chi connectivity index (χ4v) is 3.56. The summed E-state index contributed by atoms with van der Waals surface area (Å²) in [4.78, 5) is -0.836. The average molecular weight is 377 g/mol. The van der Waals surface area contributed by atoms with Crippen LogP contribution in [0, 0.1) is 18.6 Å². The molecule has 0 heterocycles. The second kappa shape index (κ2) is 5.61. The summed E-state index contributed by atoms with van der Waals surface area (Å²) >= 11 is 3.23. The van der Waals surface area contributed by atoms with Crippen LogP contribution in [0.15, 0.2) is 39.7 Å². The Kier molecular flexibility index (Phi) is 4.20. The van der Waals surface area contributed by atoms with Crippen molar-refractivity contribution >= 4 is 37.3 Å². The second-order valence-electron chi connectivity index (χ2n) is 4.44. The van der Waals surface area contributed by atoms with E-state index in [0.29, 0.717) is 4.47 Å². The van der Waals surface area contributed by atoms with Crippen molar-refractivity contribution in [3.63, 3.8) is 0 Å². The number of rotatable bonds is 3. The number of nitrogen functional groups attached to an aromatic ring is 1. The number of sulfonamides is 1. The third-order valence-corrected chi connectivity index (χ3v) is 4.44. The monoisotopic (exact) mass is 376 g/mol. The van der Waals surface area contributed by atoms with Crippen molar-refractivity contribution in [2.45, 2.75) is 11.8 Å². The Hall–Kier alpha value is -1.67. The highest BCUT2D eigenvalue weighted by atomic mass is 79.9. The summed E-state index contributed by atoms with van der Waals surface area (Å²) < 4.78 is 54.1. The molecule has 2 rings (SSSR count). The van der Waals surface area contributed by atoms with Gasteiger partial charge in [-0.3, -0.25) is 4.72 Å². The molecule has 0 bridgehead atoms. The van der Waals surface area contributed by atoms with Gasteiger partial charge in [-0.1, -0.05) is 15.9 Å². The molecule has 0 atom stereocenters. The third kappa shape index (κ3) is 3.51. The van der Waals surface area contributed by atoms with Crippen molar-refractivity contribution in [1.82, 2.24) is 0 Å². The van der Waals surface area contributed by atoms with Crippen LogP contribution in [0.25, 0.3) is 0 Å². The van der Waals surface area contributed by atoms with Crippen molar-refractivity contribution in [2.75, 3.05) is 10.5 Å². The van der Waals surface area contributed by atoms with Crippen LogP contribution in [0.4, 0.5) is 20.2 Å². The molecule has 3 N–H and O–H groups in total. The molecule has 4 nitrogen and oxygen atoms in total. The molecule has 0 unspecified atom stereocenters. The van der Waals surface area contributed by atoms with Gasteiger partial charge in [0.1, 0.15) is 4.90 Å². The topological polar surface area (TPSA) is 72.2 Å². The highest BCUT2D eigenvalue weighted by Gasteiger charge is 2.23. The SMILES string of the molecule is Cc1cc(Br)cc(NS(=O)(=O)c2cc(N)cc(F)c2F)c1. The maximum atomic E-state index is 13.7. The lowest BCUT2D eigenvalue weighted by molar-refractivity contribution is 0.486. The van der Waals surface area contributed by atoms with Gasteiger partial charge in [0.2, 0.25) is 0 Å². The maximum absolute atomic E-state index is 13.7. The van der Waals surface area contributed by atoms with E-state index in [9.17, 15) is 17.2 Å². The Morgan fingerprint density at radius 3 is 2.43 bits per heavy atom. The normalized spacial score (nSPS) is 11.4. The molecule has 8 heteroatoms. The number of hydrogen-bond acceptors (Lipinski definition) is 3. The Morgan fingerprint density at radius 1 is 1.14 bits per heavy atom. The van der Waals surface area contributed by atoms with Crippen LogP contribution < -0.4 is 10.5 Å². The highest BCUT2D eigenvalue weighted by Crippen LogP contribution is 2.25. The standard InChI is InChI=1S/C13H11BrF2N2O2S/c1-7-2-8(14)4-10(3-7)18-21(19,20)12-6-9(17)5-11(15)13(12)16/h2-6,18H,17H2,1H3. The highest BCUT2D eigenvalue weighted by molar-refractivity contribution is 9.10. The van der Waals surface area contributed by atoms with Gasteiger partial charge in [0.05, 0.1) is 5.69 Å². The summed E-state index contributed by atoms with van der Waals surface area (Å²) in [5.74, 6) is -2.79. The van der Waals surface area contributed by atoms with E-state index in [0.717, 1.165) is 17.7 Å². The number of nitrogens with one attached hydrogen (secondary N) is 1. The van der Waals surface area contributed by atoms with E-state index in [-0.39, 0.29) is 11.4 Å². The first-order valence-corrected chi connectivity index (χ1v) is 8.01. The van der Waals surface area contributed by atoms with Crippen LogP contribution in [-0.4, -0.2) is 8.42 Å². The molecule has 0 aliphatic rings. The van der Waals surface area contributed by atoms with E-state index >= 15 is 0 Å². The van der Waals surface area contributed by atoms with E-state index in [4.69, 9.17) is 5.73 Å². The van der Waals surface area contributed by atoms with Gasteiger partial charge in [-0.2, -0.15) is 0 Å². The molecule has 0 radical (unpaired) electrons. The molecular formula is C13H11BrF2N2O2S. The molecule has 21 heavy (non-hydrogen) atoms. The lowest BCUT2D eigenvalue weighted by Crippen LogP contribution is -2.16. The lowest BCUT2D eigenvalue weighted by Gasteiger charge is -2.11. The first-order valence-electron chi connectivity index (χ1n) is 5.73. The molecule has 0 saturated carbocycles.